The van der Waals surface area contributed by atoms with Gasteiger partial charge >= 0.3 is 5.97 Å². The van der Waals surface area contributed by atoms with Crippen molar-refractivity contribution in [2.45, 2.75) is 137 Å². The highest BCUT2D eigenvalue weighted by atomic mass is 16.8. The minimum atomic E-state index is -2.01. The molecule has 4 aliphatic rings. The minimum absolute atomic E-state index is 0.119. The van der Waals surface area contributed by atoms with E-state index >= 15 is 0 Å². The number of carbonyl (C=O) groups is 1. The number of aliphatic hydroxyl groups is 11. The van der Waals surface area contributed by atoms with Crippen molar-refractivity contribution in [3.8, 4) is 28.6 Å². The Morgan fingerprint density at radius 2 is 1.21 bits per heavy atom. The number of benzene rings is 2. The van der Waals surface area contributed by atoms with Gasteiger partial charge in [0, 0.05) is 30.7 Å². The Balaban J connectivity index is 1.02. The lowest BCUT2D eigenvalue weighted by atomic mass is 9.96. The molecule has 4 fully saturated rings. The van der Waals surface area contributed by atoms with Gasteiger partial charge in [0.05, 0.1) is 26.4 Å². The Morgan fingerprint density at radius 1 is 0.627 bits per heavy atom. The van der Waals surface area contributed by atoms with E-state index in [-0.39, 0.29) is 22.5 Å². The molecule has 25 nitrogen and oxygen atoms in total. The van der Waals surface area contributed by atoms with Crippen molar-refractivity contribution in [1.82, 2.24) is 0 Å². The zero-order valence-corrected chi connectivity index (χ0v) is 35.9. The van der Waals surface area contributed by atoms with E-state index in [1.165, 1.54) is 26.2 Å². The summed E-state index contributed by atoms with van der Waals surface area (Å²) in [5.41, 5.74) is -0.204. The first-order valence-corrected chi connectivity index (χ1v) is 21.0. The molecule has 25 heteroatoms. The number of fused-ring (bicyclic) bond motifs is 1. The molecule has 12 N–H and O–H groups in total. The predicted octanol–water partition coefficient (Wildman–Crippen LogP) is -4.58. The maximum atomic E-state index is 13.0. The molecule has 0 spiro atoms. The highest BCUT2D eigenvalue weighted by Gasteiger charge is 2.54. The maximum absolute atomic E-state index is 13.0. The average molecular weight is 959 g/mol. The molecule has 7 rings (SSSR count). The lowest BCUT2D eigenvalue weighted by Crippen LogP contribution is -2.66. The molecule has 20 atom stereocenters. The van der Waals surface area contributed by atoms with Gasteiger partial charge in [-0.25, -0.2) is 0 Å². The summed E-state index contributed by atoms with van der Waals surface area (Å²) in [7, 11) is 1.49. The van der Waals surface area contributed by atoms with Crippen molar-refractivity contribution in [2.75, 3.05) is 26.9 Å². The second-order valence-corrected chi connectivity index (χ2v) is 16.4. The number of hydrogen-bond donors (Lipinski definition) is 12. The van der Waals surface area contributed by atoms with Gasteiger partial charge in [-0.2, -0.15) is 0 Å². The Bertz CT molecular complexity index is 2190. The zero-order valence-electron chi connectivity index (χ0n) is 35.9. The minimum Gasteiger partial charge on any atom is -0.507 e. The van der Waals surface area contributed by atoms with Crippen molar-refractivity contribution < 1.29 is 118 Å². The van der Waals surface area contributed by atoms with Gasteiger partial charge in [0.2, 0.25) is 6.29 Å². The summed E-state index contributed by atoms with van der Waals surface area (Å²) in [6.45, 7) is 0.203. The molecule has 372 valence electrons. The number of aromatic hydroxyl groups is 1. The van der Waals surface area contributed by atoms with Crippen LogP contribution in [0.2, 0.25) is 0 Å². The number of carbonyl (C=O) groups excluding carboxylic acids is 1. The van der Waals surface area contributed by atoms with Gasteiger partial charge in [0.15, 0.2) is 24.3 Å². The number of methoxy groups -OCH3 is 1. The van der Waals surface area contributed by atoms with E-state index in [1.54, 1.807) is 24.3 Å². The zero-order chi connectivity index (χ0) is 48.6. The molecule has 4 saturated heterocycles. The van der Waals surface area contributed by atoms with E-state index in [1.807, 2.05) is 0 Å². The normalized spacial score (nSPS) is 39.2. The lowest BCUT2D eigenvalue weighted by Gasteiger charge is -2.48. The molecule has 3 aromatic rings. The maximum Gasteiger partial charge on any atom is 0.302 e. The number of aliphatic hydroxyl groups excluding tert-OH is 11. The van der Waals surface area contributed by atoms with Crippen molar-refractivity contribution in [1.29, 1.82) is 0 Å². The summed E-state index contributed by atoms with van der Waals surface area (Å²) >= 11 is 0. The number of hydrogen-bond acceptors (Lipinski definition) is 25. The topological polar surface area (TPSA) is 382 Å². The van der Waals surface area contributed by atoms with Gasteiger partial charge in [0.1, 0.15) is 132 Å². The first-order chi connectivity index (χ1) is 31.8. The molecule has 1 aromatic heterocycles. The van der Waals surface area contributed by atoms with Crippen LogP contribution in [-0.2, 0) is 42.7 Å². The smallest absolute Gasteiger partial charge is 0.302 e. The van der Waals surface area contributed by atoms with E-state index in [2.05, 4.69) is 0 Å². The van der Waals surface area contributed by atoms with Crippen molar-refractivity contribution >= 4 is 16.9 Å². The van der Waals surface area contributed by atoms with Crippen LogP contribution in [0.3, 0.4) is 0 Å². The first-order valence-electron chi connectivity index (χ1n) is 21.0. The van der Waals surface area contributed by atoms with Gasteiger partial charge in [-0.15, -0.1) is 0 Å². The number of rotatable bonds is 14. The molecule has 0 unspecified atom stereocenters. The molecule has 2 aromatic carbocycles. The monoisotopic (exact) mass is 958 g/mol. The summed E-state index contributed by atoms with van der Waals surface area (Å²) < 4.78 is 61.7. The third kappa shape index (κ3) is 10.7. The summed E-state index contributed by atoms with van der Waals surface area (Å²) in [5, 5.41) is 129. The van der Waals surface area contributed by atoms with E-state index < -0.39 is 160 Å². The van der Waals surface area contributed by atoms with Crippen LogP contribution >= 0.6 is 0 Å². The Kier molecular flexibility index (Phi) is 16.0. The quantitative estimate of drug-likeness (QED) is 0.0677. The van der Waals surface area contributed by atoms with Crippen LogP contribution < -0.4 is 14.9 Å². The molecular weight excluding hydrogens is 904 g/mol. The third-order valence-corrected chi connectivity index (χ3v) is 11.8. The number of esters is 1. The largest absolute Gasteiger partial charge is 0.507 e. The number of phenolic OH excluding ortho intramolecular Hbond substituents is 1. The Labute approximate surface area is 379 Å². The second kappa shape index (κ2) is 21.2. The van der Waals surface area contributed by atoms with E-state index in [0.717, 1.165) is 13.0 Å². The standard InChI is InChI=1S/C42H54O25/c1-14-27(47)32(52)38(67-41-35(55)31(51)28(48)24(65-41)12-58-15(2)44)42(60-14)66-37-23(11-43)63-39(36(56)33(37)53)59-13-25-29(49)30(50)34(54)40(64-25)61-18-8-19(45)26-20(46)10-21(62-22(26)9-18)16-4-6-17(57-3)7-5-16/h4-10,14,23-25,27-43,45,47-56H,11-13H2,1-3H3/t14-,23+,24+,25-,27+,28+,29-,30+,31-,32-,33-,34-,35-,36-,37-,38+,39-,40-,41-,42+/m1/s1. The molecule has 4 aliphatic heterocycles. The van der Waals surface area contributed by atoms with Gasteiger partial charge in [-0.05, 0) is 31.2 Å². The molecule has 0 bridgehead atoms. The Morgan fingerprint density at radius 3 is 1.85 bits per heavy atom. The Hall–Kier alpha value is -4.20. The summed E-state index contributed by atoms with van der Waals surface area (Å²) in [6.07, 6.45) is -35.3. The summed E-state index contributed by atoms with van der Waals surface area (Å²) in [4.78, 5) is 24.4. The van der Waals surface area contributed by atoms with Crippen molar-refractivity contribution in [2.24, 2.45) is 0 Å². The van der Waals surface area contributed by atoms with Crippen LogP contribution in [0.1, 0.15) is 13.8 Å². The molecule has 0 amide bonds. The average Bonchev–Trinajstić information content (AvgIpc) is 3.30. The number of ether oxygens (including phenoxy) is 10. The van der Waals surface area contributed by atoms with E-state index in [0.29, 0.717) is 11.3 Å². The van der Waals surface area contributed by atoms with Gasteiger partial charge < -0.3 is 113 Å². The fourth-order valence-corrected chi connectivity index (χ4v) is 7.98. The lowest BCUT2D eigenvalue weighted by molar-refractivity contribution is -0.387. The predicted molar refractivity (Wildman–Crippen MR) is 217 cm³/mol. The summed E-state index contributed by atoms with van der Waals surface area (Å²) in [5.74, 6) is -0.823. The molecule has 0 saturated carbocycles. The van der Waals surface area contributed by atoms with Crippen LogP contribution in [0.4, 0.5) is 0 Å². The fraction of sp³-hybridized carbons (Fsp3) is 0.619. The highest BCUT2D eigenvalue weighted by molar-refractivity contribution is 5.86. The van der Waals surface area contributed by atoms with Crippen LogP contribution in [0.5, 0.6) is 17.2 Å². The second-order valence-electron chi connectivity index (χ2n) is 16.4. The molecule has 5 heterocycles. The van der Waals surface area contributed by atoms with Gasteiger partial charge in [0.25, 0.3) is 0 Å². The third-order valence-electron chi connectivity index (χ3n) is 11.8. The van der Waals surface area contributed by atoms with Gasteiger partial charge in [-0.3, -0.25) is 9.59 Å². The fourth-order valence-electron chi connectivity index (χ4n) is 7.98. The summed E-state index contributed by atoms with van der Waals surface area (Å²) in [6, 6.07) is 10.0. The van der Waals surface area contributed by atoms with Crippen LogP contribution in [0.25, 0.3) is 22.3 Å². The van der Waals surface area contributed by atoms with E-state index in [9.17, 15) is 70.9 Å². The van der Waals surface area contributed by atoms with Crippen LogP contribution in [-0.4, -0.2) is 217 Å². The van der Waals surface area contributed by atoms with Gasteiger partial charge in [-0.1, -0.05) is 0 Å². The molecule has 67 heavy (non-hydrogen) atoms. The molecule has 0 aliphatic carbocycles. The van der Waals surface area contributed by atoms with Crippen molar-refractivity contribution in [3.63, 3.8) is 0 Å². The SMILES string of the molecule is COc1ccc(-c2cc(=O)c3c(O)cc(O[C@@H]4O[C@H](CO[C@@H]5O[C@@H](CO)[C@@H](O[C@@H]6O[C@H](C)[C@H](O)[C@@H](O)[C@@H]6O[C@H]6O[C@@H](COC(C)=O)[C@H](O)[C@@H](O)[C@H]6O)[C@H](O)[C@H]5O)[C@@H](O)[C@H](O)[C@H]4O)cc3o2)cc1. The molecule has 0 radical (unpaired) electrons. The number of phenols is 1. The highest BCUT2D eigenvalue weighted by Crippen LogP contribution is 2.36. The first kappa shape index (κ1) is 50.7. The van der Waals surface area contributed by atoms with Crippen molar-refractivity contribution in [3.05, 3.63) is 52.7 Å². The van der Waals surface area contributed by atoms with Crippen LogP contribution in [0, 0.1) is 0 Å². The molecular formula is C42H54O25. The van der Waals surface area contributed by atoms with Crippen LogP contribution in [0.15, 0.2) is 51.7 Å². The van der Waals surface area contributed by atoms with E-state index in [4.69, 9.17) is 51.8 Å².